The number of nitrogens with zero attached hydrogens (tertiary/aromatic N) is 2. The van der Waals surface area contributed by atoms with Crippen molar-refractivity contribution in [2.24, 2.45) is 0 Å². The van der Waals surface area contributed by atoms with E-state index >= 15 is 0 Å². The van der Waals surface area contributed by atoms with Crippen LogP contribution in [0.4, 0.5) is 0 Å². The second-order valence-corrected chi connectivity index (χ2v) is 4.07. The van der Waals surface area contributed by atoms with E-state index in [1.807, 2.05) is 20.9 Å². The van der Waals surface area contributed by atoms with Crippen LogP contribution in [0.3, 0.4) is 0 Å². The summed E-state index contributed by atoms with van der Waals surface area (Å²) in [6.07, 6.45) is 1.10. The normalized spacial score (nSPS) is 15.0. The molecular formula is C12H21N3. The van der Waals surface area contributed by atoms with Crippen LogP contribution in [-0.4, -0.2) is 23.1 Å². The van der Waals surface area contributed by atoms with E-state index in [1.54, 1.807) is 0 Å². The zero-order chi connectivity index (χ0) is 11.4. The zero-order valence-electron chi connectivity index (χ0n) is 10.3. The SMILES string of the molecule is CCC(c1cc(C)nc(C)n1)C(C)NC. The van der Waals surface area contributed by atoms with Gasteiger partial charge in [0.25, 0.3) is 0 Å². The fourth-order valence-electron chi connectivity index (χ4n) is 1.96. The molecule has 0 saturated carbocycles. The Morgan fingerprint density at radius 2 is 2.00 bits per heavy atom. The van der Waals surface area contributed by atoms with Gasteiger partial charge >= 0.3 is 0 Å². The highest BCUT2D eigenvalue weighted by Crippen LogP contribution is 2.21. The number of nitrogens with one attached hydrogen (secondary N) is 1. The molecule has 84 valence electrons. The van der Waals surface area contributed by atoms with Gasteiger partial charge in [-0.2, -0.15) is 0 Å². The molecule has 0 fully saturated rings. The Hall–Kier alpha value is -0.960. The molecule has 0 bridgehead atoms. The first kappa shape index (κ1) is 12.1. The van der Waals surface area contributed by atoms with E-state index in [0.717, 1.165) is 23.6 Å². The molecule has 0 spiro atoms. The molecule has 0 saturated heterocycles. The highest BCUT2D eigenvalue weighted by atomic mass is 14.9. The Balaban J connectivity index is 3.01. The van der Waals surface area contributed by atoms with Gasteiger partial charge in [0.05, 0.1) is 0 Å². The van der Waals surface area contributed by atoms with Gasteiger partial charge in [0.15, 0.2) is 0 Å². The van der Waals surface area contributed by atoms with Gasteiger partial charge in [-0.05, 0) is 40.3 Å². The number of likely N-dealkylation sites (N-methyl/N-ethyl adjacent to an activating group) is 1. The molecule has 1 aromatic rings. The Morgan fingerprint density at radius 1 is 1.33 bits per heavy atom. The van der Waals surface area contributed by atoms with Crippen LogP contribution in [0.1, 0.15) is 43.4 Å². The third-order valence-corrected chi connectivity index (χ3v) is 2.86. The second-order valence-electron chi connectivity index (χ2n) is 4.07. The van der Waals surface area contributed by atoms with Gasteiger partial charge in [-0.25, -0.2) is 9.97 Å². The average Bonchev–Trinajstić information content (AvgIpc) is 2.17. The third-order valence-electron chi connectivity index (χ3n) is 2.86. The molecule has 2 unspecified atom stereocenters. The molecule has 1 N–H and O–H groups in total. The Morgan fingerprint density at radius 3 is 2.47 bits per heavy atom. The molecule has 0 aliphatic heterocycles. The van der Waals surface area contributed by atoms with E-state index in [1.165, 1.54) is 0 Å². The molecule has 1 heterocycles. The van der Waals surface area contributed by atoms with Crippen LogP contribution >= 0.6 is 0 Å². The molecule has 1 aromatic heterocycles. The quantitative estimate of drug-likeness (QED) is 0.822. The molecule has 0 amide bonds. The van der Waals surface area contributed by atoms with Gasteiger partial charge in [0.1, 0.15) is 5.82 Å². The van der Waals surface area contributed by atoms with E-state index < -0.39 is 0 Å². The zero-order valence-corrected chi connectivity index (χ0v) is 10.3. The van der Waals surface area contributed by atoms with Crippen molar-refractivity contribution in [2.75, 3.05) is 7.05 Å². The van der Waals surface area contributed by atoms with Crippen molar-refractivity contribution >= 4 is 0 Å². The lowest BCUT2D eigenvalue weighted by molar-refractivity contribution is 0.472. The number of aryl methyl sites for hydroxylation is 2. The molecule has 3 nitrogen and oxygen atoms in total. The lowest BCUT2D eigenvalue weighted by Gasteiger charge is -2.22. The van der Waals surface area contributed by atoms with Crippen molar-refractivity contribution in [1.29, 1.82) is 0 Å². The lowest BCUT2D eigenvalue weighted by Crippen LogP contribution is -2.29. The summed E-state index contributed by atoms with van der Waals surface area (Å²) in [6.45, 7) is 8.37. The molecule has 2 atom stereocenters. The van der Waals surface area contributed by atoms with Gasteiger partial charge in [-0.1, -0.05) is 6.92 Å². The van der Waals surface area contributed by atoms with Gasteiger partial charge in [0, 0.05) is 23.3 Å². The predicted octanol–water partition coefficient (Wildman–Crippen LogP) is 2.19. The number of hydrogen-bond acceptors (Lipinski definition) is 3. The van der Waals surface area contributed by atoms with Crippen LogP contribution in [0.5, 0.6) is 0 Å². The van der Waals surface area contributed by atoms with Crippen molar-refractivity contribution in [2.45, 2.75) is 46.1 Å². The first-order valence-electron chi connectivity index (χ1n) is 5.58. The predicted molar refractivity (Wildman–Crippen MR) is 63.1 cm³/mol. The van der Waals surface area contributed by atoms with Gasteiger partial charge in [0.2, 0.25) is 0 Å². The Labute approximate surface area is 92.3 Å². The van der Waals surface area contributed by atoms with Crippen LogP contribution in [0.2, 0.25) is 0 Å². The molecule has 0 aliphatic rings. The van der Waals surface area contributed by atoms with Crippen molar-refractivity contribution in [1.82, 2.24) is 15.3 Å². The van der Waals surface area contributed by atoms with Crippen LogP contribution in [0.15, 0.2) is 6.07 Å². The van der Waals surface area contributed by atoms with Gasteiger partial charge in [-0.15, -0.1) is 0 Å². The summed E-state index contributed by atoms with van der Waals surface area (Å²) in [5.74, 6) is 1.34. The summed E-state index contributed by atoms with van der Waals surface area (Å²) in [5.41, 5.74) is 2.21. The van der Waals surface area contributed by atoms with E-state index in [0.29, 0.717) is 12.0 Å². The van der Waals surface area contributed by atoms with Crippen molar-refractivity contribution < 1.29 is 0 Å². The van der Waals surface area contributed by atoms with Gasteiger partial charge in [-0.3, -0.25) is 0 Å². The highest BCUT2D eigenvalue weighted by molar-refractivity contribution is 5.15. The van der Waals surface area contributed by atoms with Crippen molar-refractivity contribution in [3.8, 4) is 0 Å². The number of hydrogen-bond donors (Lipinski definition) is 1. The molecule has 15 heavy (non-hydrogen) atoms. The summed E-state index contributed by atoms with van der Waals surface area (Å²) in [4.78, 5) is 8.83. The average molecular weight is 207 g/mol. The summed E-state index contributed by atoms with van der Waals surface area (Å²) in [6, 6.07) is 2.54. The third kappa shape index (κ3) is 2.99. The van der Waals surface area contributed by atoms with Crippen LogP contribution < -0.4 is 5.32 Å². The largest absolute Gasteiger partial charge is 0.317 e. The maximum absolute atomic E-state index is 4.52. The maximum atomic E-state index is 4.52. The standard InChI is InChI=1S/C12H21N3/c1-6-11(9(3)13-5)12-7-8(2)14-10(4)15-12/h7,9,11,13H,6H2,1-5H3. The smallest absolute Gasteiger partial charge is 0.125 e. The molecule has 0 aliphatic carbocycles. The minimum Gasteiger partial charge on any atom is -0.317 e. The van der Waals surface area contributed by atoms with Crippen molar-refractivity contribution in [3.63, 3.8) is 0 Å². The summed E-state index contributed by atoms with van der Waals surface area (Å²) < 4.78 is 0. The topological polar surface area (TPSA) is 37.8 Å². The minimum absolute atomic E-state index is 0.448. The molecule has 0 aromatic carbocycles. The number of aromatic nitrogens is 2. The maximum Gasteiger partial charge on any atom is 0.125 e. The molecule has 3 heteroatoms. The van der Waals surface area contributed by atoms with E-state index in [2.05, 4.69) is 35.2 Å². The van der Waals surface area contributed by atoms with E-state index in [-0.39, 0.29) is 0 Å². The Bertz CT molecular complexity index is 302. The first-order chi connectivity index (χ1) is 7.08. The molecular weight excluding hydrogens is 186 g/mol. The summed E-state index contributed by atoms with van der Waals surface area (Å²) in [7, 11) is 1.99. The molecule has 1 rings (SSSR count). The lowest BCUT2D eigenvalue weighted by atomic mass is 9.94. The van der Waals surface area contributed by atoms with Crippen LogP contribution in [0, 0.1) is 13.8 Å². The van der Waals surface area contributed by atoms with E-state index in [4.69, 9.17) is 0 Å². The monoisotopic (exact) mass is 207 g/mol. The van der Waals surface area contributed by atoms with Crippen LogP contribution in [0.25, 0.3) is 0 Å². The van der Waals surface area contributed by atoms with Crippen LogP contribution in [-0.2, 0) is 0 Å². The van der Waals surface area contributed by atoms with Gasteiger partial charge < -0.3 is 5.32 Å². The summed E-state index contributed by atoms with van der Waals surface area (Å²) >= 11 is 0. The summed E-state index contributed by atoms with van der Waals surface area (Å²) in [5, 5.41) is 3.29. The fourth-order valence-corrected chi connectivity index (χ4v) is 1.96. The van der Waals surface area contributed by atoms with Crippen molar-refractivity contribution in [3.05, 3.63) is 23.3 Å². The minimum atomic E-state index is 0.448. The molecule has 0 radical (unpaired) electrons. The Kier molecular flexibility index (Phi) is 4.21. The highest BCUT2D eigenvalue weighted by Gasteiger charge is 2.17. The number of rotatable bonds is 4. The van der Waals surface area contributed by atoms with E-state index in [9.17, 15) is 0 Å². The second kappa shape index (κ2) is 5.21. The first-order valence-corrected chi connectivity index (χ1v) is 5.58. The fraction of sp³-hybridized carbons (Fsp3) is 0.667.